The fraction of sp³-hybridized carbons (Fsp3) is 0.667. The number of nitrogens with one attached hydrogen (secondary N) is 1. The van der Waals surface area contributed by atoms with E-state index in [1.54, 1.807) is 23.5 Å². The highest BCUT2D eigenvalue weighted by atomic mass is 32.1. The van der Waals surface area contributed by atoms with Gasteiger partial charge in [0.2, 0.25) is 11.8 Å². The predicted octanol–water partition coefficient (Wildman–Crippen LogP) is 2.18. The fourth-order valence-corrected chi connectivity index (χ4v) is 3.19. The third-order valence-electron chi connectivity index (χ3n) is 4.02. The first-order chi connectivity index (χ1) is 9.87. The van der Waals surface area contributed by atoms with Gasteiger partial charge in [0.1, 0.15) is 11.6 Å². The van der Waals surface area contributed by atoms with E-state index in [0.29, 0.717) is 25.3 Å². The van der Waals surface area contributed by atoms with Crippen LogP contribution in [0.15, 0.2) is 11.7 Å². The molecule has 1 aromatic rings. The Kier molecular flexibility index (Phi) is 4.66. The highest BCUT2D eigenvalue weighted by molar-refractivity contribution is 7.09. The third-order valence-corrected chi connectivity index (χ3v) is 4.79. The lowest BCUT2D eigenvalue weighted by molar-refractivity contribution is -0.155. The van der Waals surface area contributed by atoms with Gasteiger partial charge in [-0.05, 0) is 25.7 Å². The standard InChI is InChI=1S/C15H23N3O2S/c1-5-15(4)14(20)18(8-11-7-16-9-21-11)12(6-10(2)3)13(19)17-15/h7,9-10,12H,5-6,8H2,1-4H3,(H,17,19). The van der Waals surface area contributed by atoms with E-state index in [9.17, 15) is 9.59 Å². The minimum Gasteiger partial charge on any atom is -0.340 e. The molecule has 5 nitrogen and oxygen atoms in total. The van der Waals surface area contributed by atoms with Gasteiger partial charge in [-0.1, -0.05) is 20.8 Å². The number of carbonyl (C=O) groups excluding carboxylic acids is 2. The molecule has 2 amide bonds. The van der Waals surface area contributed by atoms with Gasteiger partial charge < -0.3 is 10.2 Å². The van der Waals surface area contributed by atoms with Crippen LogP contribution in [-0.2, 0) is 16.1 Å². The van der Waals surface area contributed by atoms with E-state index in [4.69, 9.17) is 0 Å². The molecule has 2 atom stereocenters. The molecular formula is C15H23N3O2S. The summed E-state index contributed by atoms with van der Waals surface area (Å²) in [6.45, 7) is 8.32. The summed E-state index contributed by atoms with van der Waals surface area (Å²) in [4.78, 5) is 32.1. The van der Waals surface area contributed by atoms with Crippen molar-refractivity contribution in [3.05, 3.63) is 16.6 Å². The Morgan fingerprint density at radius 3 is 2.71 bits per heavy atom. The lowest BCUT2D eigenvalue weighted by atomic mass is 9.89. The second-order valence-corrected chi connectivity index (χ2v) is 7.19. The summed E-state index contributed by atoms with van der Waals surface area (Å²) in [5, 5.41) is 2.91. The van der Waals surface area contributed by atoms with Crippen LogP contribution in [0.25, 0.3) is 0 Å². The minimum atomic E-state index is -0.796. The lowest BCUT2D eigenvalue weighted by Crippen LogP contribution is -2.68. The van der Waals surface area contributed by atoms with Crippen LogP contribution in [-0.4, -0.2) is 33.3 Å². The highest BCUT2D eigenvalue weighted by Gasteiger charge is 2.46. The van der Waals surface area contributed by atoms with E-state index in [1.165, 1.54) is 11.3 Å². The zero-order valence-electron chi connectivity index (χ0n) is 13.0. The molecule has 0 aliphatic carbocycles. The Morgan fingerprint density at radius 1 is 1.48 bits per heavy atom. The number of hydrogen-bond acceptors (Lipinski definition) is 4. The van der Waals surface area contributed by atoms with Gasteiger partial charge in [-0.2, -0.15) is 0 Å². The van der Waals surface area contributed by atoms with Gasteiger partial charge in [0.25, 0.3) is 0 Å². The minimum absolute atomic E-state index is 0.00338. The summed E-state index contributed by atoms with van der Waals surface area (Å²) in [5.41, 5.74) is 0.954. The van der Waals surface area contributed by atoms with E-state index in [-0.39, 0.29) is 17.9 Å². The number of hydrogen-bond donors (Lipinski definition) is 1. The largest absolute Gasteiger partial charge is 0.340 e. The summed E-state index contributed by atoms with van der Waals surface area (Å²) >= 11 is 1.51. The molecule has 2 rings (SSSR count). The molecule has 2 unspecified atom stereocenters. The second kappa shape index (κ2) is 6.13. The third kappa shape index (κ3) is 3.26. The van der Waals surface area contributed by atoms with E-state index < -0.39 is 5.54 Å². The van der Waals surface area contributed by atoms with Crippen molar-refractivity contribution in [1.29, 1.82) is 0 Å². The fourth-order valence-electron chi connectivity index (χ4n) is 2.60. The molecule has 2 heterocycles. The first kappa shape index (κ1) is 15.9. The van der Waals surface area contributed by atoms with E-state index >= 15 is 0 Å². The van der Waals surface area contributed by atoms with Crippen molar-refractivity contribution >= 4 is 23.2 Å². The van der Waals surface area contributed by atoms with Gasteiger partial charge in [0.15, 0.2) is 0 Å². The van der Waals surface area contributed by atoms with E-state index in [2.05, 4.69) is 24.1 Å². The molecule has 0 aromatic carbocycles. The molecule has 1 saturated heterocycles. The highest BCUT2D eigenvalue weighted by Crippen LogP contribution is 2.27. The van der Waals surface area contributed by atoms with Crippen LogP contribution >= 0.6 is 11.3 Å². The maximum atomic E-state index is 12.8. The van der Waals surface area contributed by atoms with Crippen molar-refractivity contribution in [3.63, 3.8) is 0 Å². The van der Waals surface area contributed by atoms with Crippen molar-refractivity contribution in [2.45, 2.75) is 58.7 Å². The predicted molar refractivity (Wildman–Crippen MR) is 82.7 cm³/mol. The molecule has 1 fully saturated rings. The molecule has 1 aliphatic rings. The van der Waals surface area contributed by atoms with Crippen molar-refractivity contribution in [1.82, 2.24) is 15.2 Å². The first-order valence-corrected chi connectivity index (χ1v) is 8.25. The molecule has 116 valence electrons. The van der Waals surface area contributed by atoms with Crippen molar-refractivity contribution in [2.75, 3.05) is 0 Å². The quantitative estimate of drug-likeness (QED) is 0.907. The number of carbonyl (C=O) groups is 2. The first-order valence-electron chi connectivity index (χ1n) is 7.38. The topological polar surface area (TPSA) is 62.3 Å². The van der Waals surface area contributed by atoms with Crippen LogP contribution in [0.3, 0.4) is 0 Å². The number of nitrogens with zero attached hydrogens (tertiary/aromatic N) is 2. The van der Waals surface area contributed by atoms with Crippen LogP contribution in [0.5, 0.6) is 0 Å². The Bertz CT molecular complexity index is 515. The van der Waals surface area contributed by atoms with Gasteiger partial charge >= 0.3 is 0 Å². The van der Waals surface area contributed by atoms with Gasteiger partial charge in [-0.25, -0.2) is 0 Å². The average molecular weight is 309 g/mol. The number of thiazole rings is 1. The molecule has 0 radical (unpaired) electrons. The van der Waals surface area contributed by atoms with E-state index in [0.717, 1.165) is 4.88 Å². The molecule has 0 bridgehead atoms. The van der Waals surface area contributed by atoms with Gasteiger partial charge in [0, 0.05) is 11.1 Å². The Hall–Kier alpha value is -1.43. The summed E-state index contributed by atoms with van der Waals surface area (Å²) in [6.07, 6.45) is 3.03. The van der Waals surface area contributed by atoms with Gasteiger partial charge in [-0.3, -0.25) is 14.6 Å². The summed E-state index contributed by atoms with van der Waals surface area (Å²) in [5.74, 6) is 0.310. The number of piperazine rings is 1. The zero-order valence-corrected chi connectivity index (χ0v) is 13.9. The molecular weight excluding hydrogens is 286 g/mol. The SMILES string of the molecule is CCC1(C)NC(=O)C(CC(C)C)N(Cc2cncs2)C1=O. The van der Waals surface area contributed by atoms with Crippen LogP contribution in [0.4, 0.5) is 0 Å². The smallest absolute Gasteiger partial charge is 0.249 e. The molecule has 1 N–H and O–H groups in total. The molecule has 6 heteroatoms. The number of rotatable bonds is 5. The summed E-state index contributed by atoms with van der Waals surface area (Å²) in [6, 6.07) is -0.390. The Balaban J connectivity index is 2.30. The van der Waals surface area contributed by atoms with Crippen LogP contribution < -0.4 is 5.32 Å². The second-order valence-electron chi connectivity index (χ2n) is 6.22. The maximum absolute atomic E-state index is 12.8. The average Bonchev–Trinajstić information content (AvgIpc) is 2.92. The van der Waals surface area contributed by atoms with E-state index in [1.807, 2.05) is 6.92 Å². The molecule has 1 aromatic heterocycles. The molecule has 1 aliphatic heterocycles. The molecule has 0 spiro atoms. The molecule has 0 saturated carbocycles. The summed E-state index contributed by atoms with van der Waals surface area (Å²) in [7, 11) is 0. The monoisotopic (exact) mass is 309 g/mol. The van der Waals surface area contributed by atoms with Crippen molar-refractivity contribution < 1.29 is 9.59 Å². The number of aromatic nitrogens is 1. The zero-order chi connectivity index (χ0) is 15.6. The van der Waals surface area contributed by atoms with Crippen molar-refractivity contribution in [2.24, 2.45) is 5.92 Å². The van der Waals surface area contributed by atoms with Crippen LogP contribution in [0.1, 0.15) is 45.4 Å². The number of amides is 2. The molecule has 21 heavy (non-hydrogen) atoms. The Morgan fingerprint density at radius 2 is 2.19 bits per heavy atom. The van der Waals surface area contributed by atoms with Gasteiger partial charge in [0.05, 0.1) is 12.1 Å². The maximum Gasteiger partial charge on any atom is 0.249 e. The summed E-state index contributed by atoms with van der Waals surface area (Å²) < 4.78 is 0. The van der Waals surface area contributed by atoms with Crippen LogP contribution in [0, 0.1) is 5.92 Å². The normalized spacial score (nSPS) is 26.3. The van der Waals surface area contributed by atoms with Gasteiger partial charge in [-0.15, -0.1) is 11.3 Å². The van der Waals surface area contributed by atoms with Crippen LogP contribution in [0.2, 0.25) is 0 Å². The lowest BCUT2D eigenvalue weighted by Gasteiger charge is -2.44. The van der Waals surface area contributed by atoms with Crippen molar-refractivity contribution in [3.8, 4) is 0 Å². The Labute approximate surface area is 129 Å².